The first-order chi connectivity index (χ1) is 8.20. The third-order valence-corrected chi connectivity index (χ3v) is 3.27. The number of pyridine rings is 1. The molecule has 94 valence electrons. The van der Waals surface area contributed by atoms with Gasteiger partial charge in [-0.05, 0) is 45.3 Å². The Balaban J connectivity index is 2.07. The summed E-state index contributed by atoms with van der Waals surface area (Å²) in [4.78, 5) is 6.90. The van der Waals surface area contributed by atoms with Gasteiger partial charge in [-0.3, -0.25) is 4.90 Å². The molecule has 2 rings (SSSR count). The molecule has 0 radical (unpaired) electrons. The van der Waals surface area contributed by atoms with Crippen LogP contribution in [-0.2, 0) is 0 Å². The predicted octanol–water partition coefficient (Wildman–Crippen LogP) is 3.03. The number of hydrogen-bond donors (Lipinski definition) is 0. The molecule has 1 fully saturated rings. The number of nitrogens with zero attached hydrogens (tertiary/aromatic N) is 2. The van der Waals surface area contributed by atoms with Crippen LogP contribution in [0.5, 0.6) is 5.88 Å². The average molecular weight is 234 g/mol. The van der Waals surface area contributed by atoms with Crippen molar-refractivity contribution >= 4 is 0 Å². The van der Waals surface area contributed by atoms with E-state index in [-0.39, 0.29) is 6.10 Å². The minimum Gasteiger partial charge on any atom is -0.475 e. The summed E-state index contributed by atoms with van der Waals surface area (Å²) < 4.78 is 5.56. The van der Waals surface area contributed by atoms with Crippen molar-refractivity contribution in [3.63, 3.8) is 0 Å². The average Bonchev–Trinajstić information content (AvgIpc) is 2.77. The highest BCUT2D eigenvalue weighted by molar-refractivity contribution is 5.21. The third kappa shape index (κ3) is 2.97. The minimum atomic E-state index is 0.187. The third-order valence-electron chi connectivity index (χ3n) is 3.27. The second-order valence-electron chi connectivity index (χ2n) is 4.88. The van der Waals surface area contributed by atoms with E-state index in [1.54, 1.807) is 0 Å². The van der Waals surface area contributed by atoms with Crippen molar-refractivity contribution in [2.24, 2.45) is 0 Å². The molecule has 0 amide bonds. The van der Waals surface area contributed by atoms with E-state index in [2.05, 4.69) is 22.9 Å². The first kappa shape index (κ1) is 12.4. The normalized spacial score (nSPS) is 21.1. The van der Waals surface area contributed by atoms with E-state index in [1.165, 1.54) is 24.9 Å². The molecule has 17 heavy (non-hydrogen) atoms. The molecule has 0 N–H and O–H groups in total. The molecule has 3 heteroatoms. The molecule has 2 heterocycles. The van der Waals surface area contributed by atoms with Crippen molar-refractivity contribution in [2.45, 2.75) is 45.8 Å². The zero-order valence-corrected chi connectivity index (χ0v) is 11.0. The van der Waals surface area contributed by atoms with Crippen LogP contribution in [-0.4, -0.2) is 29.1 Å². The Morgan fingerprint density at radius 2 is 2.29 bits per heavy atom. The molecule has 1 saturated heterocycles. The van der Waals surface area contributed by atoms with Crippen molar-refractivity contribution in [3.05, 3.63) is 23.9 Å². The van der Waals surface area contributed by atoms with Gasteiger partial charge in [0.25, 0.3) is 0 Å². The van der Waals surface area contributed by atoms with Crippen LogP contribution >= 0.6 is 0 Å². The Bertz CT molecular complexity index is 348. The van der Waals surface area contributed by atoms with E-state index < -0.39 is 0 Å². The van der Waals surface area contributed by atoms with E-state index in [1.807, 2.05) is 26.1 Å². The number of ether oxygens (including phenoxy) is 1. The fraction of sp³-hybridized carbons (Fsp3) is 0.643. The summed E-state index contributed by atoms with van der Waals surface area (Å²) in [7, 11) is 0. The molecule has 1 aliphatic rings. The van der Waals surface area contributed by atoms with Crippen molar-refractivity contribution in [2.75, 3.05) is 13.1 Å². The monoisotopic (exact) mass is 234 g/mol. The minimum absolute atomic E-state index is 0.187. The molecular formula is C14H22N2O. The molecule has 0 aromatic carbocycles. The Labute approximate surface area is 104 Å². The van der Waals surface area contributed by atoms with Crippen molar-refractivity contribution in [1.82, 2.24) is 9.88 Å². The van der Waals surface area contributed by atoms with Gasteiger partial charge in [0.15, 0.2) is 0 Å². The number of rotatable bonds is 4. The van der Waals surface area contributed by atoms with Gasteiger partial charge in [0, 0.05) is 18.3 Å². The lowest BCUT2D eigenvalue weighted by molar-refractivity contribution is 0.231. The molecule has 3 nitrogen and oxygen atoms in total. The van der Waals surface area contributed by atoms with Gasteiger partial charge in [0.1, 0.15) is 0 Å². The van der Waals surface area contributed by atoms with Crippen LogP contribution in [0.25, 0.3) is 0 Å². The summed E-state index contributed by atoms with van der Waals surface area (Å²) in [6.45, 7) is 8.60. The molecule has 1 aromatic rings. The Kier molecular flexibility index (Phi) is 4.00. The maximum Gasteiger partial charge on any atom is 0.213 e. The SMILES string of the molecule is CCN1CCC[C@@H]1c1ccc(OC(C)C)nc1. The van der Waals surface area contributed by atoms with Gasteiger partial charge in [-0.25, -0.2) is 4.98 Å². The first-order valence-corrected chi connectivity index (χ1v) is 6.57. The van der Waals surface area contributed by atoms with E-state index in [4.69, 9.17) is 4.74 Å². The summed E-state index contributed by atoms with van der Waals surface area (Å²) in [6.07, 6.45) is 4.70. The molecule has 1 aromatic heterocycles. The number of aromatic nitrogens is 1. The lowest BCUT2D eigenvalue weighted by Gasteiger charge is -2.22. The van der Waals surface area contributed by atoms with Crippen LogP contribution in [0.1, 0.15) is 45.2 Å². The highest BCUT2D eigenvalue weighted by atomic mass is 16.5. The molecule has 1 atom stereocenters. The van der Waals surface area contributed by atoms with Gasteiger partial charge in [-0.1, -0.05) is 13.0 Å². The zero-order valence-electron chi connectivity index (χ0n) is 11.0. The van der Waals surface area contributed by atoms with Crippen LogP contribution in [0.2, 0.25) is 0 Å². The highest BCUT2D eigenvalue weighted by Gasteiger charge is 2.24. The Morgan fingerprint density at radius 1 is 1.47 bits per heavy atom. The molecule has 0 saturated carbocycles. The smallest absolute Gasteiger partial charge is 0.213 e. The first-order valence-electron chi connectivity index (χ1n) is 6.57. The van der Waals surface area contributed by atoms with Crippen molar-refractivity contribution in [1.29, 1.82) is 0 Å². The van der Waals surface area contributed by atoms with Crippen molar-refractivity contribution < 1.29 is 4.74 Å². The summed E-state index contributed by atoms with van der Waals surface area (Å²) in [6, 6.07) is 4.70. The molecule has 0 bridgehead atoms. The molecule has 0 spiro atoms. The lowest BCUT2D eigenvalue weighted by Crippen LogP contribution is -2.22. The quantitative estimate of drug-likeness (QED) is 0.800. The van der Waals surface area contributed by atoms with Crippen molar-refractivity contribution in [3.8, 4) is 5.88 Å². The van der Waals surface area contributed by atoms with Gasteiger partial charge in [-0.2, -0.15) is 0 Å². The van der Waals surface area contributed by atoms with Crippen LogP contribution < -0.4 is 4.74 Å². The Hall–Kier alpha value is -1.09. The molecule has 1 aliphatic heterocycles. The van der Waals surface area contributed by atoms with Gasteiger partial charge in [0.2, 0.25) is 5.88 Å². The molecular weight excluding hydrogens is 212 g/mol. The second kappa shape index (κ2) is 5.50. The standard InChI is InChI=1S/C14H22N2O/c1-4-16-9-5-6-13(16)12-7-8-14(15-10-12)17-11(2)3/h7-8,10-11,13H,4-6,9H2,1-3H3/t13-/m1/s1. The van der Waals surface area contributed by atoms with Crippen LogP contribution in [0.15, 0.2) is 18.3 Å². The predicted molar refractivity (Wildman–Crippen MR) is 69.2 cm³/mol. The van der Waals surface area contributed by atoms with Crippen LogP contribution in [0.4, 0.5) is 0 Å². The second-order valence-corrected chi connectivity index (χ2v) is 4.88. The van der Waals surface area contributed by atoms with E-state index in [9.17, 15) is 0 Å². The fourth-order valence-electron chi connectivity index (χ4n) is 2.48. The maximum atomic E-state index is 5.56. The van der Waals surface area contributed by atoms with Crippen LogP contribution in [0, 0.1) is 0 Å². The topological polar surface area (TPSA) is 25.4 Å². The van der Waals surface area contributed by atoms with Gasteiger partial charge in [-0.15, -0.1) is 0 Å². The van der Waals surface area contributed by atoms with E-state index in [0.717, 1.165) is 12.4 Å². The van der Waals surface area contributed by atoms with Gasteiger partial charge >= 0.3 is 0 Å². The Morgan fingerprint density at radius 3 is 2.88 bits per heavy atom. The summed E-state index contributed by atoms with van der Waals surface area (Å²) >= 11 is 0. The summed E-state index contributed by atoms with van der Waals surface area (Å²) in [5.74, 6) is 0.727. The molecule has 0 unspecified atom stereocenters. The number of hydrogen-bond acceptors (Lipinski definition) is 3. The fourth-order valence-corrected chi connectivity index (χ4v) is 2.48. The highest BCUT2D eigenvalue weighted by Crippen LogP contribution is 2.31. The van der Waals surface area contributed by atoms with E-state index >= 15 is 0 Å². The largest absolute Gasteiger partial charge is 0.475 e. The number of likely N-dealkylation sites (tertiary alicyclic amines) is 1. The summed E-state index contributed by atoms with van der Waals surface area (Å²) in [5, 5.41) is 0. The van der Waals surface area contributed by atoms with Gasteiger partial charge in [0.05, 0.1) is 6.10 Å². The van der Waals surface area contributed by atoms with Crippen LogP contribution in [0.3, 0.4) is 0 Å². The summed E-state index contributed by atoms with van der Waals surface area (Å²) in [5.41, 5.74) is 1.32. The van der Waals surface area contributed by atoms with Gasteiger partial charge < -0.3 is 4.74 Å². The van der Waals surface area contributed by atoms with E-state index in [0.29, 0.717) is 6.04 Å². The maximum absolute atomic E-state index is 5.56. The zero-order chi connectivity index (χ0) is 12.3. The lowest BCUT2D eigenvalue weighted by atomic mass is 10.1. The molecule has 0 aliphatic carbocycles.